The lowest BCUT2D eigenvalue weighted by Gasteiger charge is -2.08. The summed E-state index contributed by atoms with van der Waals surface area (Å²) < 4.78 is 1.24. The first-order chi connectivity index (χ1) is 4.11. The highest BCUT2D eigenvalue weighted by molar-refractivity contribution is 7.24. The third-order valence-corrected chi connectivity index (χ3v) is 5.08. The van der Waals surface area contributed by atoms with Gasteiger partial charge in [-0.05, 0) is 0 Å². The van der Waals surface area contributed by atoms with E-state index in [0.717, 1.165) is 0 Å². The van der Waals surface area contributed by atoms with Crippen LogP contribution in [0.3, 0.4) is 0 Å². The van der Waals surface area contributed by atoms with Crippen molar-refractivity contribution in [2.75, 3.05) is 0 Å². The fourth-order valence-electron chi connectivity index (χ4n) is 0.500. The molecule has 0 aliphatic carbocycles. The Balaban J connectivity index is 2.90. The molecule has 0 saturated carbocycles. The molecule has 9 heavy (non-hydrogen) atoms. The van der Waals surface area contributed by atoms with E-state index in [1.807, 2.05) is 0 Å². The topological polar surface area (TPSA) is 25.8 Å². The predicted octanol–water partition coefficient (Wildman–Crippen LogP) is 1.08. The van der Waals surface area contributed by atoms with Crippen LogP contribution in [0.5, 0.6) is 0 Å². The van der Waals surface area contributed by atoms with E-state index < -0.39 is 8.07 Å². The van der Waals surface area contributed by atoms with Crippen LogP contribution in [0, 0.1) is 0 Å². The van der Waals surface area contributed by atoms with Gasteiger partial charge in [0.2, 0.25) is 0 Å². The van der Waals surface area contributed by atoms with E-state index in [-0.39, 0.29) is 0 Å². The molecule has 1 aromatic rings. The minimum Gasteiger partial charge on any atom is -0.149 e. The van der Waals surface area contributed by atoms with Crippen LogP contribution in [0.1, 0.15) is 0 Å². The van der Waals surface area contributed by atoms with Gasteiger partial charge in [0.25, 0.3) is 0 Å². The molecule has 1 aromatic heterocycles. The van der Waals surface area contributed by atoms with Crippen LogP contribution >= 0.6 is 11.3 Å². The van der Waals surface area contributed by atoms with Crippen LogP contribution in [-0.2, 0) is 0 Å². The maximum atomic E-state index is 4.02. The standard InChI is InChI=1S/C5H10N2SSi/c1-9(2,3)5-7-6-4-8-5/h4H,1-3H3. The smallest absolute Gasteiger partial charge is 0.117 e. The number of hydrogen-bond donors (Lipinski definition) is 0. The first-order valence-corrected chi connectivity index (χ1v) is 7.25. The molecule has 0 N–H and O–H groups in total. The largest absolute Gasteiger partial charge is 0.149 e. The second-order valence-corrected chi connectivity index (χ2v) is 9.16. The molecule has 0 aromatic carbocycles. The lowest BCUT2D eigenvalue weighted by atomic mass is 11.5. The molecule has 0 aliphatic rings. The van der Waals surface area contributed by atoms with E-state index in [1.165, 1.54) is 4.63 Å². The molecule has 0 bridgehead atoms. The second kappa shape index (κ2) is 2.19. The Bertz CT molecular complexity index is 177. The lowest BCUT2D eigenvalue weighted by Crippen LogP contribution is -2.37. The van der Waals surface area contributed by atoms with Gasteiger partial charge >= 0.3 is 0 Å². The van der Waals surface area contributed by atoms with Crippen molar-refractivity contribution in [2.24, 2.45) is 0 Å². The number of nitrogens with zero attached hydrogens (tertiary/aromatic N) is 2. The normalized spacial score (nSPS) is 11.9. The maximum Gasteiger partial charge on any atom is 0.117 e. The highest BCUT2D eigenvalue weighted by Crippen LogP contribution is 2.01. The van der Waals surface area contributed by atoms with Crippen molar-refractivity contribution < 1.29 is 0 Å². The fourth-order valence-corrected chi connectivity index (χ4v) is 2.72. The highest BCUT2D eigenvalue weighted by Gasteiger charge is 2.19. The maximum absolute atomic E-state index is 4.02. The molecule has 2 nitrogen and oxygen atoms in total. The molecular formula is C5H10N2SSi. The predicted molar refractivity (Wildman–Crippen MR) is 42.9 cm³/mol. The van der Waals surface area contributed by atoms with Crippen LogP contribution in [0.25, 0.3) is 0 Å². The summed E-state index contributed by atoms with van der Waals surface area (Å²) in [6.45, 7) is 6.81. The Morgan fingerprint density at radius 1 is 1.44 bits per heavy atom. The SMILES string of the molecule is C[Si](C)(C)c1nncs1. The summed E-state index contributed by atoms with van der Waals surface area (Å²) in [5, 5.41) is 7.81. The summed E-state index contributed by atoms with van der Waals surface area (Å²) in [4.78, 5) is 0. The molecule has 0 unspecified atom stereocenters. The average Bonchev–Trinajstić information content (AvgIpc) is 2.08. The molecule has 0 amide bonds. The Kier molecular flexibility index (Phi) is 1.68. The highest BCUT2D eigenvalue weighted by atomic mass is 32.1. The Morgan fingerprint density at radius 3 is 2.33 bits per heavy atom. The number of aromatic nitrogens is 2. The third kappa shape index (κ3) is 1.59. The van der Waals surface area contributed by atoms with E-state index in [4.69, 9.17) is 0 Å². The molecule has 0 saturated heterocycles. The van der Waals surface area contributed by atoms with Crippen LogP contribution in [0.15, 0.2) is 5.51 Å². The van der Waals surface area contributed by atoms with E-state index in [9.17, 15) is 0 Å². The minimum atomic E-state index is -1.14. The minimum absolute atomic E-state index is 1.14. The zero-order chi connectivity index (χ0) is 6.91. The summed E-state index contributed by atoms with van der Waals surface area (Å²) in [5.41, 5.74) is 1.80. The molecular weight excluding hydrogens is 148 g/mol. The van der Waals surface area contributed by atoms with Crippen LogP contribution in [-0.4, -0.2) is 18.3 Å². The van der Waals surface area contributed by atoms with Gasteiger partial charge in [0.1, 0.15) is 13.6 Å². The molecule has 1 heterocycles. The molecule has 0 radical (unpaired) electrons. The number of rotatable bonds is 1. The van der Waals surface area contributed by atoms with Crippen LogP contribution in [0.2, 0.25) is 19.6 Å². The summed E-state index contributed by atoms with van der Waals surface area (Å²) in [6, 6.07) is 0. The summed E-state index contributed by atoms with van der Waals surface area (Å²) >= 11 is 1.67. The van der Waals surface area contributed by atoms with Crippen molar-refractivity contribution in [1.29, 1.82) is 0 Å². The van der Waals surface area contributed by atoms with Gasteiger partial charge in [-0.25, -0.2) is 0 Å². The van der Waals surface area contributed by atoms with Gasteiger partial charge in [0.05, 0.1) is 4.63 Å². The molecule has 0 atom stereocenters. The van der Waals surface area contributed by atoms with Crippen LogP contribution in [0.4, 0.5) is 0 Å². The summed E-state index contributed by atoms with van der Waals surface area (Å²) in [7, 11) is -1.14. The molecule has 0 aliphatic heterocycles. The van der Waals surface area contributed by atoms with Crippen molar-refractivity contribution >= 4 is 24.0 Å². The molecule has 1 rings (SSSR count). The second-order valence-electron chi connectivity index (χ2n) is 2.99. The molecule has 0 fully saturated rings. The van der Waals surface area contributed by atoms with Gasteiger partial charge in [-0.1, -0.05) is 19.6 Å². The van der Waals surface area contributed by atoms with Gasteiger partial charge in [0, 0.05) is 0 Å². The van der Waals surface area contributed by atoms with Gasteiger partial charge in [-0.3, -0.25) is 0 Å². The zero-order valence-corrected chi connectivity index (χ0v) is 7.70. The van der Waals surface area contributed by atoms with E-state index >= 15 is 0 Å². The molecule has 50 valence electrons. The van der Waals surface area contributed by atoms with Gasteiger partial charge in [-0.2, -0.15) is 0 Å². The molecule has 4 heteroatoms. The van der Waals surface area contributed by atoms with Gasteiger partial charge in [-0.15, -0.1) is 21.5 Å². The number of hydrogen-bond acceptors (Lipinski definition) is 3. The van der Waals surface area contributed by atoms with Crippen molar-refractivity contribution in [3.63, 3.8) is 0 Å². The van der Waals surface area contributed by atoms with Crippen LogP contribution < -0.4 is 4.63 Å². The Labute approximate surface area is 60.0 Å². The van der Waals surface area contributed by atoms with Crippen molar-refractivity contribution in [3.05, 3.63) is 5.51 Å². The molecule has 0 spiro atoms. The zero-order valence-electron chi connectivity index (χ0n) is 5.88. The van der Waals surface area contributed by atoms with Crippen molar-refractivity contribution in [3.8, 4) is 0 Å². The van der Waals surface area contributed by atoms with Crippen molar-refractivity contribution in [2.45, 2.75) is 19.6 Å². The summed E-state index contributed by atoms with van der Waals surface area (Å²) in [6.07, 6.45) is 0. The third-order valence-electron chi connectivity index (χ3n) is 1.00. The average molecular weight is 158 g/mol. The van der Waals surface area contributed by atoms with Crippen molar-refractivity contribution in [1.82, 2.24) is 10.2 Å². The Hall–Kier alpha value is -0.223. The Morgan fingerprint density at radius 2 is 2.11 bits per heavy atom. The lowest BCUT2D eigenvalue weighted by molar-refractivity contribution is 1.11. The van der Waals surface area contributed by atoms with Gasteiger partial charge in [0.15, 0.2) is 0 Å². The quantitative estimate of drug-likeness (QED) is 0.572. The summed E-state index contributed by atoms with van der Waals surface area (Å²) in [5.74, 6) is 0. The first kappa shape index (κ1) is 6.89. The monoisotopic (exact) mass is 158 g/mol. The first-order valence-electron chi connectivity index (χ1n) is 2.87. The van der Waals surface area contributed by atoms with E-state index in [1.54, 1.807) is 16.8 Å². The van der Waals surface area contributed by atoms with E-state index in [2.05, 4.69) is 29.8 Å². The van der Waals surface area contributed by atoms with E-state index in [0.29, 0.717) is 0 Å². The van der Waals surface area contributed by atoms with Gasteiger partial charge < -0.3 is 0 Å². The fraction of sp³-hybridized carbons (Fsp3) is 0.600.